The van der Waals surface area contributed by atoms with Gasteiger partial charge in [0.2, 0.25) is 5.91 Å². The number of nitrogens with one attached hydrogen (secondary N) is 1. The molecule has 1 aromatic carbocycles. The minimum atomic E-state index is -0.617. The monoisotopic (exact) mass is 294 g/mol. The van der Waals surface area contributed by atoms with E-state index in [2.05, 4.69) is 43.4 Å². The van der Waals surface area contributed by atoms with Crippen molar-refractivity contribution in [2.24, 2.45) is 5.73 Å². The van der Waals surface area contributed by atoms with Gasteiger partial charge in [0.05, 0.1) is 5.54 Å². The lowest BCUT2D eigenvalue weighted by molar-refractivity contribution is -0.124. The molecule has 0 saturated carbocycles. The molecular weight excluding hydrogens is 268 g/mol. The number of aryl methyl sites for hydroxylation is 1. The molecule has 0 aliphatic rings. The van der Waals surface area contributed by atoms with Crippen molar-refractivity contribution in [3.8, 4) is 0 Å². The zero-order chi connectivity index (χ0) is 15.2. The Bertz CT molecular complexity index is 450. The molecule has 0 aromatic heterocycles. The first kappa shape index (κ1) is 17.1. The summed E-state index contributed by atoms with van der Waals surface area (Å²) in [7, 11) is 0. The fraction of sp³-hybridized carbons (Fsp3) is 0.562. The van der Waals surface area contributed by atoms with Crippen molar-refractivity contribution < 1.29 is 4.79 Å². The summed E-state index contributed by atoms with van der Waals surface area (Å²) in [4.78, 5) is 11.6. The van der Waals surface area contributed by atoms with Gasteiger partial charge in [-0.15, -0.1) is 0 Å². The normalized spacial score (nSPS) is 15.6. The van der Waals surface area contributed by atoms with Crippen LogP contribution in [0, 0.1) is 6.92 Å². The van der Waals surface area contributed by atoms with E-state index < -0.39 is 5.54 Å². The Morgan fingerprint density at radius 3 is 2.75 bits per heavy atom. The number of thioether (sulfide) groups is 1. The Morgan fingerprint density at radius 1 is 1.50 bits per heavy atom. The van der Waals surface area contributed by atoms with Crippen molar-refractivity contribution in [1.82, 2.24) is 5.32 Å². The SMILES string of the molecule is CCNC(C)(CC(C)SCc1cccc(C)c1)C(N)=O. The third kappa shape index (κ3) is 5.17. The summed E-state index contributed by atoms with van der Waals surface area (Å²) in [5, 5.41) is 3.58. The molecule has 0 radical (unpaired) electrons. The maximum Gasteiger partial charge on any atom is 0.237 e. The number of benzene rings is 1. The molecule has 3 nitrogen and oxygen atoms in total. The standard InChI is InChI=1S/C16H26N2OS/c1-5-18-16(4,15(17)19)10-13(3)20-11-14-8-6-7-12(2)9-14/h6-9,13,18H,5,10-11H2,1-4H3,(H2,17,19). The van der Waals surface area contributed by atoms with Crippen LogP contribution in [0.15, 0.2) is 24.3 Å². The van der Waals surface area contributed by atoms with Crippen molar-refractivity contribution in [2.45, 2.75) is 50.7 Å². The number of likely N-dealkylation sites (N-methyl/N-ethyl adjacent to an activating group) is 1. The summed E-state index contributed by atoms with van der Waals surface area (Å²) in [6, 6.07) is 8.54. The van der Waals surface area contributed by atoms with Gasteiger partial charge in [-0.25, -0.2) is 0 Å². The predicted molar refractivity (Wildman–Crippen MR) is 87.8 cm³/mol. The van der Waals surface area contributed by atoms with Crippen LogP contribution in [0.1, 0.15) is 38.3 Å². The Kier molecular flexibility index (Phi) is 6.56. The predicted octanol–water partition coefficient (Wildman–Crippen LogP) is 2.86. The second-order valence-corrected chi connectivity index (χ2v) is 6.97. The molecule has 0 saturated heterocycles. The Balaban J connectivity index is 2.54. The number of carbonyl (C=O) groups excluding carboxylic acids is 1. The Morgan fingerprint density at radius 2 is 2.20 bits per heavy atom. The van der Waals surface area contributed by atoms with Crippen molar-refractivity contribution >= 4 is 17.7 Å². The Labute approximate surface area is 126 Å². The van der Waals surface area contributed by atoms with Crippen LogP contribution in [-0.2, 0) is 10.5 Å². The summed E-state index contributed by atoms with van der Waals surface area (Å²) in [6.07, 6.45) is 0.743. The van der Waals surface area contributed by atoms with Crippen LogP contribution < -0.4 is 11.1 Å². The summed E-state index contributed by atoms with van der Waals surface area (Å²) < 4.78 is 0. The topological polar surface area (TPSA) is 55.1 Å². The molecule has 2 atom stereocenters. The number of nitrogens with two attached hydrogens (primary N) is 1. The Hall–Kier alpha value is -1.00. The first-order chi connectivity index (χ1) is 9.37. The summed E-state index contributed by atoms with van der Waals surface area (Å²) in [6.45, 7) is 8.88. The molecule has 20 heavy (non-hydrogen) atoms. The van der Waals surface area contributed by atoms with Crippen LogP contribution >= 0.6 is 11.8 Å². The average Bonchev–Trinajstić information content (AvgIpc) is 2.36. The van der Waals surface area contributed by atoms with Crippen molar-refractivity contribution in [3.05, 3.63) is 35.4 Å². The van der Waals surface area contributed by atoms with Gasteiger partial charge in [0.1, 0.15) is 0 Å². The van der Waals surface area contributed by atoms with E-state index in [-0.39, 0.29) is 5.91 Å². The summed E-state index contributed by atoms with van der Waals surface area (Å²) >= 11 is 1.86. The molecule has 2 unspecified atom stereocenters. The molecule has 0 spiro atoms. The second-order valence-electron chi connectivity index (χ2n) is 5.54. The highest BCUT2D eigenvalue weighted by molar-refractivity contribution is 7.99. The van der Waals surface area contributed by atoms with E-state index >= 15 is 0 Å². The quantitative estimate of drug-likeness (QED) is 0.775. The van der Waals surface area contributed by atoms with E-state index in [4.69, 9.17) is 5.73 Å². The smallest absolute Gasteiger partial charge is 0.237 e. The van der Waals surface area contributed by atoms with Gasteiger partial charge in [-0.2, -0.15) is 11.8 Å². The molecule has 1 aromatic rings. The molecule has 0 heterocycles. The minimum absolute atomic E-state index is 0.276. The van der Waals surface area contributed by atoms with Gasteiger partial charge in [0, 0.05) is 11.0 Å². The van der Waals surface area contributed by atoms with E-state index in [0.717, 1.165) is 18.7 Å². The number of primary amides is 1. The molecular formula is C16H26N2OS. The van der Waals surface area contributed by atoms with Gasteiger partial charge in [0.25, 0.3) is 0 Å². The zero-order valence-electron chi connectivity index (χ0n) is 12.9. The van der Waals surface area contributed by atoms with Crippen molar-refractivity contribution in [3.63, 3.8) is 0 Å². The van der Waals surface area contributed by atoms with Crippen LogP contribution in [0.25, 0.3) is 0 Å². The number of carbonyl (C=O) groups is 1. The summed E-state index contributed by atoms with van der Waals surface area (Å²) in [5.41, 5.74) is 7.51. The fourth-order valence-electron chi connectivity index (χ4n) is 2.32. The van der Waals surface area contributed by atoms with Crippen LogP contribution in [0.3, 0.4) is 0 Å². The van der Waals surface area contributed by atoms with Gasteiger partial charge in [-0.1, -0.05) is 43.7 Å². The highest BCUT2D eigenvalue weighted by Gasteiger charge is 2.31. The number of rotatable bonds is 8. The second kappa shape index (κ2) is 7.70. The molecule has 0 fully saturated rings. The first-order valence-electron chi connectivity index (χ1n) is 7.09. The third-order valence-corrected chi connectivity index (χ3v) is 4.66. The minimum Gasteiger partial charge on any atom is -0.368 e. The van der Waals surface area contributed by atoms with Gasteiger partial charge in [0.15, 0.2) is 0 Å². The zero-order valence-corrected chi connectivity index (χ0v) is 13.7. The average molecular weight is 294 g/mol. The lowest BCUT2D eigenvalue weighted by Gasteiger charge is -2.29. The lowest BCUT2D eigenvalue weighted by Crippen LogP contribution is -2.54. The molecule has 0 bridgehead atoms. The van der Waals surface area contributed by atoms with Crippen LogP contribution in [0.2, 0.25) is 0 Å². The highest BCUT2D eigenvalue weighted by Crippen LogP contribution is 2.25. The fourth-order valence-corrected chi connectivity index (χ4v) is 3.43. The summed E-state index contributed by atoms with van der Waals surface area (Å²) in [5.74, 6) is 0.687. The lowest BCUT2D eigenvalue weighted by atomic mass is 9.95. The van der Waals surface area contributed by atoms with E-state index in [1.807, 2.05) is 25.6 Å². The molecule has 3 N–H and O–H groups in total. The van der Waals surface area contributed by atoms with E-state index in [1.165, 1.54) is 11.1 Å². The van der Waals surface area contributed by atoms with E-state index in [0.29, 0.717) is 5.25 Å². The number of hydrogen-bond donors (Lipinski definition) is 2. The van der Waals surface area contributed by atoms with E-state index in [9.17, 15) is 4.79 Å². The largest absolute Gasteiger partial charge is 0.368 e. The molecule has 1 rings (SSSR count). The maximum atomic E-state index is 11.6. The highest BCUT2D eigenvalue weighted by atomic mass is 32.2. The molecule has 0 aliphatic carbocycles. The van der Waals surface area contributed by atoms with Gasteiger partial charge >= 0.3 is 0 Å². The first-order valence-corrected chi connectivity index (χ1v) is 8.14. The third-order valence-electron chi connectivity index (χ3n) is 3.42. The van der Waals surface area contributed by atoms with Crippen molar-refractivity contribution in [1.29, 1.82) is 0 Å². The van der Waals surface area contributed by atoms with Gasteiger partial charge in [-0.05, 0) is 32.4 Å². The number of hydrogen-bond acceptors (Lipinski definition) is 3. The molecule has 1 amide bonds. The number of amides is 1. The van der Waals surface area contributed by atoms with Crippen LogP contribution in [0.4, 0.5) is 0 Å². The van der Waals surface area contributed by atoms with Gasteiger partial charge in [-0.3, -0.25) is 4.79 Å². The molecule has 4 heteroatoms. The van der Waals surface area contributed by atoms with E-state index in [1.54, 1.807) is 0 Å². The van der Waals surface area contributed by atoms with Crippen LogP contribution in [0.5, 0.6) is 0 Å². The van der Waals surface area contributed by atoms with Crippen LogP contribution in [-0.4, -0.2) is 23.2 Å². The van der Waals surface area contributed by atoms with Crippen molar-refractivity contribution in [2.75, 3.05) is 6.54 Å². The molecule has 112 valence electrons. The molecule has 0 aliphatic heterocycles. The van der Waals surface area contributed by atoms with Gasteiger partial charge < -0.3 is 11.1 Å². The maximum absolute atomic E-state index is 11.6.